The first-order valence-corrected chi connectivity index (χ1v) is 28.4. The molecule has 7 nitrogen and oxygen atoms in total. The number of pyridine rings is 1. The summed E-state index contributed by atoms with van der Waals surface area (Å²) in [5.74, 6) is 6.12. The van der Waals surface area contributed by atoms with Gasteiger partial charge in [-0.05, 0) is 111 Å². The van der Waals surface area contributed by atoms with E-state index in [1.807, 2.05) is 73.5 Å². The van der Waals surface area contributed by atoms with Gasteiger partial charge >= 0.3 is 0 Å². The molecule has 0 amide bonds. The van der Waals surface area contributed by atoms with Gasteiger partial charge in [0.15, 0.2) is 14.6 Å². The van der Waals surface area contributed by atoms with Crippen molar-refractivity contribution in [1.29, 1.82) is 0 Å². The van der Waals surface area contributed by atoms with Crippen molar-refractivity contribution in [3.8, 4) is 17.3 Å². The zero-order valence-electron chi connectivity index (χ0n) is 48.4. The SMILES string of the molecule is CC(C)(C)c1cc(Oc2[c-]c3c(cc2)c2cc(C(C)(C)C)ccc2n3-c2cc(C(C)(c3ccccc3)c3ccccc3)ccn2)[c-]c(N2[CH-]N(c3c(/C4=C/C=C\N/C=C\C=C/[B]4)cccc3/C3=C/C=C\N/C=C\C=C/[B]3)c3ccccc32)c1.[Pt]. The number of allylic oxidation sites excluding steroid dienone is 8. The fraction of sp³-hybridized carbons (Fsp3) is 0.135. The van der Waals surface area contributed by atoms with Crippen LogP contribution in [0.5, 0.6) is 11.5 Å². The Balaban J connectivity index is 0.00000736. The second-order valence-corrected chi connectivity index (χ2v) is 23.3. The van der Waals surface area contributed by atoms with Crippen molar-refractivity contribution in [3.05, 3.63) is 307 Å². The number of aromatic nitrogens is 2. The maximum Gasteiger partial charge on any atom is 0.182 e. The number of nitrogens with zero attached hydrogens (tertiary/aromatic N) is 4. The number of rotatable bonds is 10. The molecular formula is C74H65B2N6OPt-3. The Morgan fingerprint density at radius 2 is 1.10 bits per heavy atom. The van der Waals surface area contributed by atoms with E-state index in [-0.39, 0.29) is 31.9 Å². The molecule has 0 aliphatic carbocycles. The minimum atomic E-state index is -0.471. The average Bonchev–Trinajstić information content (AvgIpc) is 4.29. The van der Waals surface area contributed by atoms with Crippen molar-refractivity contribution in [2.75, 3.05) is 9.80 Å². The largest absolute Gasteiger partial charge is 0.509 e. The molecule has 2 aromatic heterocycles. The number of benzene rings is 7. The molecule has 416 valence electrons. The molecule has 0 atom stereocenters. The van der Waals surface area contributed by atoms with E-state index in [0.29, 0.717) is 11.5 Å². The third-order valence-electron chi connectivity index (χ3n) is 15.8. The number of fused-ring (bicyclic) bond motifs is 4. The standard InChI is InChI=1S/C74H65B2N6O.Pt/c1-72(2,3)54-33-36-66-63(47-54)60-35-34-58(50-69(60)82(66)70-48-55(37-44-79-70)74(7,52-23-10-8-11-24-52)53-25-12-9-13-26-53)83-59-46-56(73(4,5)6)45-57(49-59)80-51-81(68-32-15-14-31-67(68)80)71-61(64-29-21-42-77-40-18-16-38-75-64)27-20-28-62(71)65-30-22-43-78-41-19-17-39-76-65;/h8-48,51,77-78H,1-7H3;/q-3;/b38-16-,39-17-,40-18-,41-19-,42-21-,43-22-,64-29-,65-30-;. The number of hydrogen-bond donors (Lipinski definition) is 2. The summed E-state index contributed by atoms with van der Waals surface area (Å²) < 4.78 is 9.35. The van der Waals surface area contributed by atoms with Gasteiger partial charge in [0.2, 0.25) is 0 Å². The van der Waals surface area contributed by atoms with Crippen LogP contribution in [0.25, 0.3) is 38.6 Å². The van der Waals surface area contributed by atoms with Gasteiger partial charge in [-0.1, -0.05) is 185 Å². The Morgan fingerprint density at radius 1 is 0.500 bits per heavy atom. The number of hydrogen-bond acceptors (Lipinski definition) is 6. The van der Waals surface area contributed by atoms with Crippen LogP contribution in [0.2, 0.25) is 0 Å². The molecule has 5 heterocycles. The molecule has 3 aliphatic rings. The van der Waals surface area contributed by atoms with Gasteiger partial charge in [-0.3, -0.25) is 0 Å². The van der Waals surface area contributed by atoms with Gasteiger partial charge in [0.1, 0.15) is 5.82 Å². The van der Waals surface area contributed by atoms with Gasteiger partial charge in [0, 0.05) is 91.6 Å². The maximum atomic E-state index is 7.09. The Bertz CT molecular complexity index is 4050. The zero-order valence-corrected chi connectivity index (χ0v) is 50.7. The Morgan fingerprint density at radius 3 is 1.71 bits per heavy atom. The smallest absolute Gasteiger partial charge is 0.182 e. The number of nitrogens with one attached hydrogen (secondary N) is 2. The summed E-state index contributed by atoms with van der Waals surface area (Å²) in [5.41, 5.74) is 15.1. The minimum absolute atomic E-state index is 0. The maximum absolute atomic E-state index is 7.09. The van der Waals surface area contributed by atoms with Crippen molar-refractivity contribution in [2.45, 2.75) is 64.7 Å². The molecular weight excluding hydrogens is 1210 g/mol. The zero-order chi connectivity index (χ0) is 57.1. The minimum Gasteiger partial charge on any atom is -0.509 e. The molecule has 0 fully saturated rings. The average molecular weight is 1270 g/mol. The third kappa shape index (κ3) is 11.5. The summed E-state index contributed by atoms with van der Waals surface area (Å²) in [5, 5.41) is 8.69. The van der Waals surface area contributed by atoms with Crippen LogP contribution in [0.1, 0.15) is 87.4 Å². The van der Waals surface area contributed by atoms with Crippen LogP contribution >= 0.6 is 0 Å². The molecule has 0 bridgehead atoms. The predicted octanol–water partition coefficient (Wildman–Crippen LogP) is 17.3. The molecule has 2 N–H and O–H groups in total. The first-order valence-electron chi connectivity index (χ1n) is 28.4. The topological polar surface area (TPSA) is 57.6 Å². The molecule has 84 heavy (non-hydrogen) atoms. The van der Waals surface area contributed by atoms with Crippen molar-refractivity contribution in [2.24, 2.45) is 0 Å². The molecule has 10 heteroatoms. The summed E-state index contributed by atoms with van der Waals surface area (Å²) >= 11 is 0. The van der Waals surface area contributed by atoms with Crippen LogP contribution in [0.3, 0.4) is 0 Å². The van der Waals surface area contributed by atoms with Crippen molar-refractivity contribution < 1.29 is 25.8 Å². The second-order valence-electron chi connectivity index (χ2n) is 23.3. The molecule has 2 radical (unpaired) electrons. The van der Waals surface area contributed by atoms with Crippen molar-refractivity contribution in [1.82, 2.24) is 20.2 Å². The molecule has 7 aromatic carbocycles. The van der Waals surface area contributed by atoms with E-state index < -0.39 is 5.41 Å². The third-order valence-corrected chi connectivity index (χ3v) is 15.8. The van der Waals surface area contributed by atoms with Crippen molar-refractivity contribution in [3.63, 3.8) is 0 Å². The fourth-order valence-electron chi connectivity index (χ4n) is 11.3. The number of para-hydroxylation sites is 3. The fourth-order valence-corrected chi connectivity index (χ4v) is 11.3. The van der Waals surface area contributed by atoms with E-state index in [2.05, 4.69) is 283 Å². The molecule has 3 aliphatic heterocycles. The molecule has 0 unspecified atom stereocenters. The monoisotopic (exact) mass is 1270 g/mol. The Hall–Kier alpha value is -8.77. The predicted molar refractivity (Wildman–Crippen MR) is 349 cm³/mol. The van der Waals surface area contributed by atoms with E-state index in [1.165, 1.54) is 16.7 Å². The quantitative estimate of drug-likeness (QED) is 0.105. The Labute approximate surface area is 511 Å². The summed E-state index contributed by atoms with van der Waals surface area (Å²) in [6.45, 7) is 18.0. The van der Waals surface area contributed by atoms with E-state index in [0.717, 1.165) is 83.6 Å². The number of ether oxygens (including phenoxy) is 1. The van der Waals surface area contributed by atoms with E-state index in [4.69, 9.17) is 9.72 Å². The van der Waals surface area contributed by atoms with Gasteiger partial charge in [0.05, 0.1) is 0 Å². The molecule has 0 spiro atoms. The van der Waals surface area contributed by atoms with Gasteiger partial charge < -0.3 is 29.7 Å². The van der Waals surface area contributed by atoms with Crippen LogP contribution in [0, 0.1) is 18.8 Å². The van der Waals surface area contributed by atoms with E-state index in [9.17, 15) is 0 Å². The molecule has 9 aromatic rings. The summed E-state index contributed by atoms with van der Waals surface area (Å²) in [6.07, 6.45) is 26.1. The molecule has 0 saturated carbocycles. The van der Waals surface area contributed by atoms with Gasteiger partial charge in [-0.25, -0.2) is 4.98 Å². The first-order chi connectivity index (χ1) is 40.3. The second kappa shape index (κ2) is 24.2. The Kier molecular flexibility index (Phi) is 16.4. The number of anilines is 4. The van der Waals surface area contributed by atoms with Crippen LogP contribution < -0.4 is 25.2 Å². The first kappa shape index (κ1) is 57.1. The summed E-state index contributed by atoms with van der Waals surface area (Å²) in [4.78, 5) is 9.72. The van der Waals surface area contributed by atoms with Crippen molar-refractivity contribution >= 4 is 70.1 Å². The van der Waals surface area contributed by atoms with Gasteiger partial charge in [-0.15, -0.1) is 65.6 Å². The van der Waals surface area contributed by atoms with E-state index in [1.54, 1.807) is 0 Å². The van der Waals surface area contributed by atoms with Crippen LogP contribution in [0.15, 0.2) is 249 Å². The normalized spacial score (nSPS) is 17.9. The molecule has 0 saturated heterocycles. The summed E-state index contributed by atoms with van der Waals surface area (Å²) in [6, 6.07) is 64.1. The molecule has 12 rings (SSSR count). The van der Waals surface area contributed by atoms with Crippen LogP contribution in [-0.4, -0.2) is 24.1 Å². The van der Waals surface area contributed by atoms with E-state index >= 15 is 0 Å². The van der Waals surface area contributed by atoms with Crippen LogP contribution in [0.4, 0.5) is 22.7 Å². The van der Waals surface area contributed by atoms with Gasteiger partial charge in [-0.2, -0.15) is 6.07 Å². The van der Waals surface area contributed by atoms with Gasteiger partial charge in [0.25, 0.3) is 0 Å². The van der Waals surface area contributed by atoms with Crippen LogP contribution in [-0.2, 0) is 37.3 Å². The summed E-state index contributed by atoms with van der Waals surface area (Å²) in [7, 11) is 4.34.